The molecule has 0 atom stereocenters. The van der Waals surface area contributed by atoms with E-state index in [1.165, 1.54) is 21.8 Å². The molecule has 0 unspecified atom stereocenters. The van der Waals surface area contributed by atoms with Crippen LogP contribution in [0.3, 0.4) is 0 Å². The Labute approximate surface area is 194 Å². The molecular weight excluding hydrogens is 418 g/mol. The summed E-state index contributed by atoms with van der Waals surface area (Å²) in [5, 5.41) is 6.87. The average molecular weight is 438 g/mol. The first-order valence-corrected chi connectivity index (χ1v) is 11.4. The summed E-state index contributed by atoms with van der Waals surface area (Å²) in [6.07, 6.45) is 0. The van der Waals surface area contributed by atoms with E-state index in [0.717, 1.165) is 49.4 Å². The summed E-state index contributed by atoms with van der Waals surface area (Å²) in [5.74, 6) is 6.83. The number of benzene rings is 5. The number of nitrogens with zero attached hydrogens (tertiary/aromatic N) is 2. The number of para-hydroxylation sites is 3. The zero-order chi connectivity index (χ0) is 22.4. The molecule has 0 aliphatic heterocycles. The maximum atomic E-state index is 6.83. The minimum atomic E-state index is 0.850. The molecule has 3 aromatic heterocycles. The number of furan rings is 1. The molecule has 0 amide bonds. The van der Waals surface area contributed by atoms with Crippen molar-refractivity contribution in [3.05, 3.63) is 103 Å². The highest BCUT2D eigenvalue weighted by Crippen LogP contribution is 2.43. The average Bonchev–Trinajstić information content (AvgIpc) is 3.52. The lowest BCUT2D eigenvalue weighted by molar-refractivity contribution is 0.669. The predicted molar refractivity (Wildman–Crippen MR) is 141 cm³/mol. The van der Waals surface area contributed by atoms with Gasteiger partial charge in [0.2, 0.25) is 0 Å². The number of hydrogen-bond donors (Lipinski definition) is 1. The summed E-state index contributed by atoms with van der Waals surface area (Å²) >= 11 is 0. The molecular formula is C30H19N3O. The fourth-order valence-electron chi connectivity index (χ4n) is 5.73. The Morgan fingerprint density at radius 1 is 0.500 bits per heavy atom. The van der Waals surface area contributed by atoms with E-state index < -0.39 is 0 Å². The second-order valence-electron chi connectivity index (χ2n) is 8.85. The molecule has 5 aromatic carbocycles. The number of nitrogens with two attached hydrogens (primary N) is 1. The Morgan fingerprint density at radius 3 is 2.12 bits per heavy atom. The van der Waals surface area contributed by atoms with Crippen molar-refractivity contribution >= 4 is 65.6 Å². The molecule has 0 spiro atoms. The third kappa shape index (κ3) is 2.08. The van der Waals surface area contributed by atoms with Gasteiger partial charge in [0.25, 0.3) is 0 Å². The first-order valence-electron chi connectivity index (χ1n) is 11.4. The Kier molecular flexibility index (Phi) is 3.25. The quantitative estimate of drug-likeness (QED) is 0.270. The van der Waals surface area contributed by atoms with Crippen molar-refractivity contribution in [2.45, 2.75) is 0 Å². The van der Waals surface area contributed by atoms with Gasteiger partial charge >= 0.3 is 0 Å². The molecule has 0 radical (unpaired) electrons. The van der Waals surface area contributed by atoms with Gasteiger partial charge in [0.1, 0.15) is 11.2 Å². The monoisotopic (exact) mass is 437 g/mol. The van der Waals surface area contributed by atoms with Crippen molar-refractivity contribution < 1.29 is 4.42 Å². The van der Waals surface area contributed by atoms with Crippen LogP contribution in [0.2, 0.25) is 0 Å². The van der Waals surface area contributed by atoms with Gasteiger partial charge in [-0.1, -0.05) is 60.7 Å². The van der Waals surface area contributed by atoms with E-state index in [2.05, 4.69) is 89.5 Å². The van der Waals surface area contributed by atoms with Gasteiger partial charge in [0, 0.05) is 32.6 Å². The minimum Gasteiger partial charge on any atom is -0.456 e. The molecule has 0 fully saturated rings. The van der Waals surface area contributed by atoms with E-state index in [1.54, 1.807) is 0 Å². The summed E-state index contributed by atoms with van der Waals surface area (Å²) < 4.78 is 10.4. The first-order chi connectivity index (χ1) is 16.8. The van der Waals surface area contributed by atoms with E-state index in [-0.39, 0.29) is 0 Å². The van der Waals surface area contributed by atoms with Crippen molar-refractivity contribution in [3.63, 3.8) is 0 Å². The van der Waals surface area contributed by atoms with Crippen molar-refractivity contribution in [1.29, 1.82) is 0 Å². The van der Waals surface area contributed by atoms with Gasteiger partial charge in [-0.2, -0.15) is 0 Å². The van der Waals surface area contributed by atoms with Crippen LogP contribution < -0.4 is 5.84 Å². The molecule has 0 aliphatic carbocycles. The molecule has 4 nitrogen and oxygen atoms in total. The van der Waals surface area contributed by atoms with Crippen LogP contribution in [0.4, 0.5) is 0 Å². The lowest BCUT2D eigenvalue weighted by Gasteiger charge is -2.08. The van der Waals surface area contributed by atoms with Crippen LogP contribution in [0.5, 0.6) is 0 Å². The zero-order valence-electron chi connectivity index (χ0n) is 18.2. The Balaban J connectivity index is 1.68. The van der Waals surface area contributed by atoms with E-state index >= 15 is 0 Å². The van der Waals surface area contributed by atoms with Crippen molar-refractivity contribution in [2.24, 2.45) is 0 Å². The molecule has 34 heavy (non-hydrogen) atoms. The van der Waals surface area contributed by atoms with Crippen LogP contribution in [0.25, 0.3) is 71.2 Å². The van der Waals surface area contributed by atoms with Crippen LogP contribution in [0, 0.1) is 0 Å². The molecule has 0 saturated carbocycles. The van der Waals surface area contributed by atoms with Gasteiger partial charge in [-0.25, -0.2) is 0 Å². The minimum absolute atomic E-state index is 0.850. The first kappa shape index (κ1) is 17.8. The zero-order valence-corrected chi connectivity index (χ0v) is 18.2. The lowest BCUT2D eigenvalue weighted by atomic mass is 10.1. The predicted octanol–water partition coefficient (Wildman–Crippen LogP) is 7.50. The van der Waals surface area contributed by atoms with Crippen LogP contribution in [0.15, 0.2) is 108 Å². The number of rotatable bonds is 1. The van der Waals surface area contributed by atoms with Crippen LogP contribution in [-0.4, -0.2) is 9.24 Å². The van der Waals surface area contributed by atoms with Gasteiger partial charge < -0.3 is 14.8 Å². The van der Waals surface area contributed by atoms with Crippen molar-refractivity contribution in [2.75, 3.05) is 5.84 Å². The van der Waals surface area contributed by atoms with E-state index in [1.807, 2.05) is 22.9 Å². The van der Waals surface area contributed by atoms with E-state index in [4.69, 9.17) is 10.3 Å². The van der Waals surface area contributed by atoms with Gasteiger partial charge in [-0.15, -0.1) is 0 Å². The number of fused-ring (bicyclic) bond motifs is 11. The smallest absolute Gasteiger partial charge is 0.137 e. The Morgan fingerprint density at radius 2 is 1.24 bits per heavy atom. The number of nitrogen functional groups attached to an aromatic ring is 1. The fourth-order valence-corrected chi connectivity index (χ4v) is 5.73. The maximum absolute atomic E-state index is 6.83. The summed E-state index contributed by atoms with van der Waals surface area (Å²) in [5.41, 5.74) is 7.21. The largest absolute Gasteiger partial charge is 0.456 e. The van der Waals surface area contributed by atoms with Crippen LogP contribution in [0.1, 0.15) is 0 Å². The molecule has 0 saturated heterocycles. The van der Waals surface area contributed by atoms with Gasteiger partial charge in [-0.05, 0) is 42.5 Å². The number of hydrogen-bond acceptors (Lipinski definition) is 2. The SMILES string of the molecule is Nn1c2ccc3c4ccccc4n(-c4ccccc4)c3c2c2ccc3oc4ccccc4c3c21. The van der Waals surface area contributed by atoms with E-state index in [0.29, 0.717) is 0 Å². The van der Waals surface area contributed by atoms with Gasteiger partial charge in [0.05, 0.1) is 27.5 Å². The summed E-state index contributed by atoms with van der Waals surface area (Å²) in [4.78, 5) is 0. The van der Waals surface area contributed by atoms with Crippen LogP contribution >= 0.6 is 0 Å². The summed E-state index contributed by atoms with van der Waals surface area (Å²) in [7, 11) is 0. The van der Waals surface area contributed by atoms with Gasteiger partial charge in [-0.3, -0.25) is 4.68 Å². The molecule has 3 heterocycles. The third-order valence-corrected chi connectivity index (χ3v) is 7.11. The maximum Gasteiger partial charge on any atom is 0.137 e. The second-order valence-corrected chi connectivity index (χ2v) is 8.85. The normalized spacial score (nSPS) is 12.2. The number of aromatic nitrogens is 2. The van der Waals surface area contributed by atoms with Crippen molar-refractivity contribution in [3.8, 4) is 5.69 Å². The van der Waals surface area contributed by atoms with Crippen LogP contribution in [-0.2, 0) is 0 Å². The van der Waals surface area contributed by atoms with Crippen molar-refractivity contribution in [1.82, 2.24) is 9.24 Å². The van der Waals surface area contributed by atoms with E-state index in [9.17, 15) is 0 Å². The highest BCUT2D eigenvalue weighted by molar-refractivity contribution is 6.30. The highest BCUT2D eigenvalue weighted by atomic mass is 16.3. The Bertz CT molecular complexity index is 2070. The highest BCUT2D eigenvalue weighted by Gasteiger charge is 2.22. The standard InChI is InChI=1S/C30H19N3O/c31-33-24-16-14-20-19-10-4-6-12-23(19)32(18-8-2-1-3-9-18)29(20)27(24)22-15-17-26-28(30(22)33)21-11-5-7-13-25(21)34-26/h1-17H,31H2. The molecule has 0 bridgehead atoms. The fraction of sp³-hybridized carbons (Fsp3) is 0. The summed E-state index contributed by atoms with van der Waals surface area (Å²) in [6, 6.07) is 35.9. The molecule has 8 aromatic rings. The third-order valence-electron chi connectivity index (χ3n) is 7.11. The molecule has 8 rings (SSSR count). The molecule has 2 N–H and O–H groups in total. The molecule has 0 aliphatic rings. The lowest BCUT2D eigenvalue weighted by Crippen LogP contribution is -2.07. The topological polar surface area (TPSA) is 49.0 Å². The second kappa shape index (κ2) is 6.21. The molecule has 160 valence electrons. The van der Waals surface area contributed by atoms with Gasteiger partial charge in [0.15, 0.2) is 0 Å². The summed E-state index contributed by atoms with van der Waals surface area (Å²) in [6.45, 7) is 0. The Hall–Kier alpha value is -4.70. The molecule has 4 heteroatoms.